The van der Waals surface area contributed by atoms with Gasteiger partial charge in [-0.15, -0.1) is 0 Å². The van der Waals surface area contributed by atoms with E-state index in [0.717, 1.165) is 25.7 Å². The van der Waals surface area contributed by atoms with Crippen LogP contribution in [-0.4, -0.2) is 18.7 Å². The first-order chi connectivity index (χ1) is 11.4. The number of rotatable bonds is 5. The number of hydrogen-bond donors (Lipinski definition) is 1. The molecule has 1 N–H and O–H groups in total. The van der Waals surface area contributed by atoms with Gasteiger partial charge in [0, 0.05) is 6.54 Å². The summed E-state index contributed by atoms with van der Waals surface area (Å²) in [6.07, 6.45) is 8.76. The van der Waals surface area contributed by atoms with Crippen molar-refractivity contribution in [2.45, 2.75) is 72.3 Å². The van der Waals surface area contributed by atoms with E-state index in [1.807, 2.05) is 0 Å². The quantitative estimate of drug-likeness (QED) is 0.677. The Balaban J connectivity index is 1.79. The van der Waals surface area contributed by atoms with Gasteiger partial charge in [-0.2, -0.15) is 0 Å². The summed E-state index contributed by atoms with van der Waals surface area (Å²) in [4.78, 5) is 12.2. The molecule has 0 aromatic rings. The summed E-state index contributed by atoms with van der Waals surface area (Å²) < 4.78 is 5.79. The SMILES string of the molecule is C=C(C)C1CC=C(CNC(=O)OC2CC(C)CCC2C(C)C)CC1. The van der Waals surface area contributed by atoms with Crippen molar-refractivity contribution in [1.82, 2.24) is 5.32 Å². The summed E-state index contributed by atoms with van der Waals surface area (Å²) >= 11 is 0. The van der Waals surface area contributed by atoms with Gasteiger partial charge in [-0.25, -0.2) is 4.79 Å². The molecule has 0 aromatic heterocycles. The molecule has 2 rings (SSSR count). The molecule has 3 heteroatoms. The van der Waals surface area contributed by atoms with Crippen LogP contribution in [0.25, 0.3) is 0 Å². The number of nitrogens with one attached hydrogen (secondary N) is 1. The van der Waals surface area contributed by atoms with Crippen LogP contribution < -0.4 is 5.32 Å². The zero-order chi connectivity index (χ0) is 17.7. The van der Waals surface area contributed by atoms with Crippen LogP contribution in [0.2, 0.25) is 0 Å². The number of amides is 1. The second-order valence-electron chi connectivity index (χ2n) is 8.30. The minimum atomic E-state index is -0.248. The molecular formula is C21H35NO2. The van der Waals surface area contributed by atoms with Crippen LogP contribution in [0.4, 0.5) is 4.79 Å². The molecule has 0 radical (unpaired) electrons. The maximum atomic E-state index is 12.2. The largest absolute Gasteiger partial charge is 0.446 e. The smallest absolute Gasteiger partial charge is 0.407 e. The number of ether oxygens (including phenoxy) is 1. The van der Waals surface area contributed by atoms with Gasteiger partial charge in [-0.3, -0.25) is 0 Å². The third-order valence-electron chi connectivity index (χ3n) is 5.88. The second kappa shape index (κ2) is 8.73. The third kappa shape index (κ3) is 5.39. The fourth-order valence-corrected chi connectivity index (χ4v) is 4.11. The van der Waals surface area contributed by atoms with E-state index in [4.69, 9.17) is 4.74 Å². The molecule has 2 aliphatic rings. The molecule has 0 saturated heterocycles. The van der Waals surface area contributed by atoms with Gasteiger partial charge in [-0.1, -0.05) is 51.0 Å². The van der Waals surface area contributed by atoms with Gasteiger partial charge in [0.1, 0.15) is 6.10 Å². The Morgan fingerprint density at radius 1 is 1.38 bits per heavy atom. The summed E-state index contributed by atoms with van der Waals surface area (Å²) in [6, 6.07) is 0. The Hall–Kier alpha value is -1.25. The van der Waals surface area contributed by atoms with Gasteiger partial charge >= 0.3 is 6.09 Å². The maximum Gasteiger partial charge on any atom is 0.407 e. The lowest BCUT2D eigenvalue weighted by molar-refractivity contribution is 0.00650. The lowest BCUT2D eigenvalue weighted by Crippen LogP contribution is -2.39. The third-order valence-corrected chi connectivity index (χ3v) is 5.88. The highest BCUT2D eigenvalue weighted by Crippen LogP contribution is 2.35. The van der Waals surface area contributed by atoms with Gasteiger partial charge in [0.2, 0.25) is 0 Å². The molecule has 24 heavy (non-hydrogen) atoms. The van der Waals surface area contributed by atoms with Crippen molar-refractivity contribution < 1.29 is 9.53 Å². The molecule has 1 fully saturated rings. The molecule has 0 aliphatic heterocycles. The normalized spacial score (nSPS) is 30.6. The predicted octanol–water partition coefficient (Wildman–Crippen LogP) is 5.48. The molecule has 1 amide bonds. The number of alkyl carbamates (subject to hydrolysis) is 1. The first kappa shape index (κ1) is 19.1. The number of allylic oxidation sites excluding steroid dienone is 2. The molecule has 136 valence electrons. The van der Waals surface area contributed by atoms with Crippen LogP contribution in [0.3, 0.4) is 0 Å². The average molecular weight is 334 g/mol. The van der Waals surface area contributed by atoms with Gasteiger partial charge in [-0.05, 0) is 62.7 Å². The molecule has 4 unspecified atom stereocenters. The molecule has 0 aromatic carbocycles. The Kier molecular flexibility index (Phi) is 6.94. The topological polar surface area (TPSA) is 38.3 Å². The molecule has 3 nitrogen and oxygen atoms in total. The van der Waals surface area contributed by atoms with Crippen molar-refractivity contribution >= 4 is 6.09 Å². The Labute approximate surface area is 147 Å². The summed E-state index contributed by atoms with van der Waals surface area (Å²) in [5, 5.41) is 2.97. The lowest BCUT2D eigenvalue weighted by atomic mass is 9.75. The highest BCUT2D eigenvalue weighted by atomic mass is 16.6. The average Bonchev–Trinajstić information content (AvgIpc) is 2.53. The van der Waals surface area contributed by atoms with E-state index in [-0.39, 0.29) is 12.2 Å². The summed E-state index contributed by atoms with van der Waals surface area (Å²) in [6.45, 7) is 13.5. The Morgan fingerprint density at radius 3 is 2.71 bits per heavy atom. The van der Waals surface area contributed by atoms with Crippen LogP contribution in [0.1, 0.15) is 66.2 Å². The van der Waals surface area contributed by atoms with Crippen molar-refractivity contribution in [2.24, 2.45) is 23.7 Å². The van der Waals surface area contributed by atoms with Crippen LogP contribution in [0, 0.1) is 23.7 Å². The first-order valence-electron chi connectivity index (χ1n) is 9.64. The molecule has 2 aliphatic carbocycles. The van der Waals surface area contributed by atoms with Crippen molar-refractivity contribution in [2.75, 3.05) is 6.54 Å². The van der Waals surface area contributed by atoms with E-state index in [0.29, 0.717) is 30.2 Å². The van der Waals surface area contributed by atoms with E-state index in [1.54, 1.807) is 0 Å². The van der Waals surface area contributed by atoms with Gasteiger partial charge in [0.15, 0.2) is 0 Å². The number of carbonyl (C=O) groups is 1. The lowest BCUT2D eigenvalue weighted by Gasteiger charge is -2.36. The maximum absolute atomic E-state index is 12.2. The van der Waals surface area contributed by atoms with Crippen LogP contribution in [-0.2, 0) is 4.74 Å². The fraction of sp³-hybridized carbons (Fsp3) is 0.762. The summed E-state index contributed by atoms with van der Waals surface area (Å²) in [5.41, 5.74) is 2.59. The summed E-state index contributed by atoms with van der Waals surface area (Å²) in [5.74, 6) is 2.32. The summed E-state index contributed by atoms with van der Waals surface area (Å²) in [7, 11) is 0. The highest BCUT2D eigenvalue weighted by molar-refractivity contribution is 5.67. The zero-order valence-electron chi connectivity index (χ0n) is 15.9. The van der Waals surface area contributed by atoms with Crippen molar-refractivity contribution in [1.29, 1.82) is 0 Å². The van der Waals surface area contributed by atoms with Gasteiger partial charge in [0.05, 0.1) is 0 Å². The van der Waals surface area contributed by atoms with Crippen LogP contribution in [0.15, 0.2) is 23.8 Å². The molecule has 4 atom stereocenters. The second-order valence-corrected chi connectivity index (χ2v) is 8.30. The molecule has 1 saturated carbocycles. The Bertz CT molecular complexity index is 480. The fourth-order valence-electron chi connectivity index (χ4n) is 4.11. The molecule has 0 heterocycles. The van der Waals surface area contributed by atoms with Gasteiger partial charge in [0.25, 0.3) is 0 Å². The molecule has 0 bridgehead atoms. The van der Waals surface area contributed by atoms with Crippen molar-refractivity contribution in [3.63, 3.8) is 0 Å². The van der Waals surface area contributed by atoms with E-state index in [2.05, 4.69) is 45.7 Å². The minimum absolute atomic E-state index is 0.0712. The number of hydrogen-bond acceptors (Lipinski definition) is 2. The molecule has 0 spiro atoms. The highest BCUT2D eigenvalue weighted by Gasteiger charge is 2.33. The monoisotopic (exact) mass is 333 g/mol. The standard InChI is InChI=1S/C21H35NO2/c1-14(2)18-9-7-17(8-10-18)13-22-21(23)24-20-12-16(5)6-11-19(20)15(3)4/h7,15-16,18-20H,1,6,8-13H2,2-5H3,(H,22,23). The van der Waals surface area contributed by atoms with E-state index in [1.165, 1.54) is 24.0 Å². The van der Waals surface area contributed by atoms with Crippen LogP contribution in [0.5, 0.6) is 0 Å². The van der Waals surface area contributed by atoms with E-state index >= 15 is 0 Å². The number of carbonyl (C=O) groups excluding carboxylic acids is 1. The van der Waals surface area contributed by atoms with E-state index < -0.39 is 0 Å². The first-order valence-corrected chi connectivity index (χ1v) is 9.64. The van der Waals surface area contributed by atoms with Crippen LogP contribution >= 0.6 is 0 Å². The van der Waals surface area contributed by atoms with Gasteiger partial charge < -0.3 is 10.1 Å². The zero-order valence-corrected chi connectivity index (χ0v) is 15.9. The minimum Gasteiger partial charge on any atom is -0.446 e. The van der Waals surface area contributed by atoms with Crippen molar-refractivity contribution in [3.8, 4) is 0 Å². The van der Waals surface area contributed by atoms with E-state index in [9.17, 15) is 4.79 Å². The Morgan fingerprint density at radius 2 is 2.12 bits per heavy atom. The molecular weight excluding hydrogens is 298 g/mol. The predicted molar refractivity (Wildman–Crippen MR) is 99.9 cm³/mol. The van der Waals surface area contributed by atoms with Crippen molar-refractivity contribution in [3.05, 3.63) is 23.8 Å².